The van der Waals surface area contributed by atoms with Gasteiger partial charge in [0.15, 0.2) is 5.69 Å². The van der Waals surface area contributed by atoms with Crippen LogP contribution in [0.1, 0.15) is 34.5 Å². The summed E-state index contributed by atoms with van der Waals surface area (Å²) >= 11 is 0. The van der Waals surface area contributed by atoms with Crippen LogP contribution in [0.5, 0.6) is 11.6 Å². The molecule has 1 aliphatic rings. The number of methoxy groups -OCH3 is 1. The van der Waals surface area contributed by atoms with E-state index in [-0.39, 0.29) is 42.4 Å². The number of aryl methyl sites for hydroxylation is 1. The zero-order valence-electron chi connectivity index (χ0n) is 20.6. The lowest BCUT2D eigenvalue weighted by Crippen LogP contribution is -2.27. The van der Waals surface area contributed by atoms with Gasteiger partial charge in [-0.1, -0.05) is 17.7 Å². The van der Waals surface area contributed by atoms with Crippen LogP contribution in [0.4, 0.5) is 5.69 Å². The van der Waals surface area contributed by atoms with Gasteiger partial charge in [0.05, 0.1) is 17.2 Å². The molecule has 12 nitrogen and oxygen atoms in total. The number of nitro benzene ring substituents is 1. The summed E-state index contributed by atoms with van der Waals surface area (Å²) in [6.45, 7) is 3.62. The van der Waals surface area contributed by atoms with Crippen molar-refractivity contribution >= 4 is 21.6 Å². The topological polar surface area (TPSA) is 155 Å². The number of amides is 1. The second-order valence-electron chi connectivity index (χ2n) is 8.65. The van der Waals surface area contributed by atoms with E-state index in [9.17, 15) is 23.3 Å². The Morgan fingerprint density at radius 3 is 2.51 bits per heavy atom. The predicted molar refractivity (Wildman–Crippen MR) is 134 cm³/mol. The predicted octanol–water partition coefficient (Wildman–Crippen LogP) is 3.01. The van der Waals surface area contributed by atoms with E-state index < -0.39 is 25.5 Å². The highest BCUT2D eigenvalue weighted by Crippen LogP contribution is 2.36. The second kappa shape index (κ2) is 10.7. The Hall–Kier alpha value is -3.81. The van der Waals surface area contributed by atoms with Crippen molar-refractivity contribution in [1.29, 1.82) is 0 Å². The number of sulfonamides is 1. The fraction of sp³-hybridized carbons (Fsp3) is 0.333. The molecule has 4 rings (SSSR count). The van der Waals surface area contributed by atoms with Crippen LogP contribution in [0.3, 0.4) is 0 Å². The molecule has 2 N–H and O–H groups in total. The number of hydrogen-bond donors (Lipinski definition) is 2. The van der Waals surface area contributed by atoms with E-state index in [0.29, 0.717) is 11.3 Å². The van der Waals surface area contributed by atoms with Crippen LogP contribution >= 0.6 is 0 Å². The summed E-state index contributed by atoms with van der Waals surface area (Å²) in [5.41, 5.74) is 1.68. The number of benzene rings is 2. The van der Waals surface area contributed by atoms with Crippen molar-refractivity contribution in [2.75, 3.05) is 20.3 Å². The Balaban J connectivity index is 1.81. The lowest BCUT2D eigenvalue weighted by Gasteiger charge is -2.14. The van der Waals surface area contributed by atoms with Crippen LogP contribution in [-0.2, 0) is 14.8 Å². The van der Waals surface area contributed by atoms with Gasteiger partial charge in [0.2, 0.25) is 15.9 Å². The number of nitro groups is 1. The number of rotatable bonds is 11. The molecule has 0 bridgehead atoms. The Morgan fingerprint density at radius 2 is 1.89 bits per heavy atom. The summed E-state index contributed by atoms with van der Waals surface area (Å²) in [5, 5.41) is 18.7. The van der Waals surface area contributed by atoms with Crippen molar-refractivity contribution in [1.82, 2.24) is 19.8 Å². The van der Waals surface area contributed by atoms with Crippen molar-refractivity contribution in [3.63, 3.8) is 0 Å². The smallest absolute Gasteiger partial charge is 0.272 e. The second-order valence-corrected chi connectivity index (χ2v) is 10.4. The zero-order chi connectivity index (χ0) is 26.7. The van der Waals surface area contributed by atoms with Crippen LogP contribution < -0.4 is 14.8 Å². The van der Waals surface area contributed by atoms with Crippen molar-refractivity contribution in [3.05, 3.63) is 69.4 Å². The van der Waals surface area contributed by atoms with Gasteiger partial charge in [0, 0.05) is 37.4 Å². The first-order valence-corrected chi connectivity index (χ1v) is 13.0. The maximum absolute atomic E-state index is 13.1. The highest BCUT2D eigenvalue weighted by Gasteiger charge is 2.30. The molecule has 37 heavy (non-hydrogen) atoms. The minimum Gasteiger partial charge on any atom is -0.437 e. The van der Waals surface area contributed by atoms with Crippen LogP contribution in [0.15, 0.2) is 47.4 Å². The Bertz CT molecular complexity index is 1430. The number of carbonyl (C=O) groups excluding carboxylic acids is 1. The van der Waals surface area contributed by atoms with E-state index in [0.717, 1.165) is 30.5 Å². The van der Waals surface area contributed by atoms with Gasteiger partial charge >= 0.3 is 0 Å². The van der Waals surface area contributed by atoms with E-state index in [1.807, 2.05) is 19.1 Å². The third-order valence-corrected chi connectivity index (χ3v) is 7.19. The number of nitrogens with one attached hydrogen (secondary N) is 2. The molecule has 196 valence electrons. The maximum Gasteiger partial charge on any atom is 0.272 e. The standard InChI is InChI=1S/C24H27N5O7S/c1-15-4-8-18(9-5-15)28-24(16(2)22(27-28)23(30)26-17-6-7-17)36-20-11-10-19(29(31)32)14-21(20)37(33,34)25-12-13-35-3/h4-5,8-11,14,17,25H,6-7,12-13H2,1-3H3,(H,26,30). The van der Waals surface area contributed by atoms with Gasteiger partial charge in [-0.05, 0) is 44.9 Å². The summed E-state index contributed by atoms with van der Waals surface area (Å²) in [4.78, 5) is 23.1. The van der Waals surface area contributed by atoms with Crippen molar-refractivity contribution in [2.45, 2.75) is 37.6 Å². The molecule has 1 heterocycles. The highest BCUT2D eigenvalue weighted by atomic mass is 32.2. The molecule has 0 radical (unpaired) electrons. The van der Waals surface area contributed by atoms with Crippen molar-refractivity contribution in [3.8, 4) is 17.3 Å². The lowest BCUT2D eigenvalue weighted by atomic mass is 10.2. The average Bonchev–Trinajstić information content (AvgIpc) is 3.62. The molecule has 1 saturated carbocycles. The molecule has 13 heteroatoms. The van der Waals surface area contributed by atoms with E-state index in [1.165, 1.54) is 17.9 Å². The molecule has 0 saturated heterocycles. The molecule has 0 atom stereocenters. The first-order valence-electron chi connectivity index (χ1n) is 11.5. The van der Waals surface area contributed by atoms with E-state index >= 15 is 0 Å². The fourth-order valence-corrected chi connectivity index (χ4v) is 4.68. The number of ether oxygens (including phenoxy) is 2. The van der Waals surface area contributed by atoms with Gasteiger partial charge in [-0.25, -0.2) is 13.1 Å². The van der Waals surface area contributed by atoms with Gasteiger partial charge in [0.1, 0.15) is 10.6 Å². The summed E-state index contributed by atoms with van der Waals surface area (Å²) in [7, 11) is -2.80. The van der Waals surface area contributed by atoms with Gasteiger partial charge in [-0.15, -0.1) is 0 Å². The van der Waals surface area contributed by atoms with Gasteiger partial charge in [-0.3, -0.25) is 14.9 Å². The molecule has 1 aromatic heterocycles. The SMILES string of the molecule is COCCNS(=O)(=O)c1cc([N+](=O)[O-])ccc1Oc1c(C)c(C(=O)NC2CC2)nn1-c1ccc(C)cc1. The van der Waals surface area contributed by atoms with E-state index in [4.69, 9.17) is 9.47 Å². The molecule has 0 spiro atoms. The first-order chi connectivity index (χ1) is 17.6. The summed E-state index contributed by atoms with van der Waals surface area (Å²) in [6.07, 6.45) is 1.79. The Kier molecular flexibility index (Phi) is 7.57. The zero-order valence-corrected chi connectivity index (χ0v) is 21.4. The van der Waals surface area contributed by atoms with Crippen LogP contribution in [0, 0.1) is 24.0 Å². The summed E-state index contributed by atoms with van der Waals surface area (Å²) in [6, 6.07) is 10.7. The van der Waals surface area contributed by atoms with Crippen molar-refractivity contribution < 1.29 is 27.6 Å². The monoisotopic (exact) mass is 529 g/mol. The van der Waals surface area contributed by atoms with E-state index in [1.54, 1.807) is 19.1 Å². The molecule has 3 aromatic rings. The van der Waals surface area contributed by atoms with Gasteiger partial charge < -0.3 is 14.8 Å². The first kappa shape index (κ1) is 26.3. The molecular weight excluding hydrogens is 502 g/mol. The third kappa shape index (κ3) is 5.96. The Morgan fingerprint density at radius 1 is 1.19 bits per heavy atom. The van der Waals surface area contributed by atoms with Crippen LogP contribution in [-0.4, -0.2) is 55.3 Å². The van der Waals surface area contributed by atoms with Crippen molar-refractivity contribution in [2.24, 2.45) is 0 Å². The average molecular weight is 530 g/mol. The molecule has 0 aliphatic heterocycles. The molecule has 1 fully saturated rings. The minimum atomic E-state index is -4.22. The van der Waals surface area contributed by atoms with Crippen LogP contribution in [0.25, 0.3) is 5.69 Å². The third-order valence-electron chi connectivity index (χ3n) is 5.71. The molecular formula is C24H27N5O7S. The quantitative estimate of drug-likeness (QED) is 0.218. The highest BCUT2D eigenvalue weighted by molar-refractivity contribution is 7.89. The molecule has 2 aromatic carbocycles. The maximum atomic E-state index is 13.1. The molecule has 1 amide bonds. The number of aromatic nitrogens is 2. The van der Waals surface area contributed by atoms with Crippen LogP contribution in [0.2, 0.25) is 0 Å². The number of hydrogen-bond acceptors (Lipinski definition) is 8. The van der Waals surface area contributed by atoms with Gasteiger partial charge in [-0.2, -0.15) is 9.78 Å². The lowest BCUT2D eigenvalue weighted by molar-refractivity contribution is -0.385. The summed E-state index contributed by atoms with van der Waals surface area (Å²) in [5.74, 6) is -0.429. The minimum absolute atomic E-state index is 0.0488. The number of carbonyl (C=O) groups is 1. The van der Waals surface area contributed by atoms with E-state index in [2.05, 4.69) is 15.1 Å². The molecule has 0 unspecified atom stereocenters. The van der Waals surface area contributed by atoms with Gasteiger partial charge in [0.25, 0.3) is 11.6 Å². The number of nitrogens with zero attached hydrogens (tertiary/aromatic N) is 3. The Labute approximate surface area is 213 Å². The molecule has 1 aliphatic carbocycles. The number of non-ortho nitro benzene ring substituents is 1. The normalized spacial score (nSPS) is 13.4. The summed E-state index contributed by atoms with van der Waals surface area (Å²) < 4.78 is 40.8. The fourth-order valence-electron chi connectivity index (χ4n) is 3.52. The largest absolute Gasteiger partial charge is 0.437 e.